The summed E-state index contributed by atoms with van der Waals surface area (Å²) in [4.78, 5) is 10.5. The second kappa shape index (κ2) is 3.26. The first kappa shape index (κ1) is 9.03. The smallest absolute Gasteiger partial charge is 0.321 e. The van der Waals surface area contributed by atoms with Crippen LogP contribution in [-0.4, -0.2) is 11.1 Å². The van der Waals surface area contributed by atoms with Gasteiger partial charge in [-0.3, -0.25) is 4.79 Å². The molecule has 0 aromatic heterocycles. The third-order valence-electron chi connectivity index (χ3n) is 1.58. The van der Waals surface area contributed by atoms with Crippen LogP contribution in [0.2, 0.25) is 0 Å². The predicted molar refractivity (Wildman–Crippen MR) is 39.5 cm³/mol. The molecule has 2 heteroatoms. The summed E-state index contributed by atoms with van der Waals surface area (Å²) in [6.45, 7) is 5.10. The first-order valence-corrected chi connectivity index (χ1v) is 3.24. The van der Waals surface area contributed by atoms with Crippen molar-refractivity contribution in [2.75, 3.05) is 0 Å². The molecule has 0 aliphatic carbocycles. The Morgan fingerprint density at radius 2 is 2.20 bits per heavy atom. The minimum atomic E-state index is -0.852. The number of hydrogen-bond acceptors (Lipinski definition) is 1. The van der Waals surface area contributed by atoms with Crippen molar-refractivity contribution < 1.29 is 9.90 Å². The van der Waals surface area contributed by atoms with Crippen molar-refractivity contribution >= 4 is 5.97 Å². The average Bonchev–Trinajstić information content (AvgIpc) is 1.88. The van der Waals surface area contributed by atoms with Gasteiger partial charge in [0, 0.05) is 0 Å². The van der Waals surface area contributed by atoms with E-state index in [1.807, 2.05) is 6.92 Å². The van der Waals surface area contributed by atoms with Crippen LogP contribution >= 0.6 is 0 Å². The van der Waals surface area contributed by atoms with E-state index in [1.165, 1.54) is 0 Å². The maximum absolute atomic E-state index is 10.5. The standard InChI is InChI=1S/C8H12O2/c1-4-6-8(3,5-2)7(9)10/h5H2,1-3H3,(H,9,10). The van der Waals surface area contributed by atoms with Crippen LogP contribution in [0.15, 0.2) is 0 Å². The summed E-state index contributed by atoms with van der Waals surface area (Å²) in [6.07, 6.45) is 0.545. The Bertz CT molecular complexity index is 185. The van der Waals surface area contributed by atoms with Gasteiger partial charge < -0.3 is 5.11 Å². The fourth-order valence-corrected chi connectivity index (χ4v) is 0.569. The van der Waals surface area contributed by atoms with Gasteiger partial charge in [0.15, 0.2) is 0 Å². The molecule has 0 heterocycles. The number of rotatable bonds is 2. The van der Waals surface area contributed by atoms with Crippen molar-refractivity contribution in [1.82, 2.24) is 0 Å². The Kier molecular flexibility index (Phi) is 2.95. The molecule has 0 rings (SSSR count). The molecule has 0 aliphatic rings. The lowest BCUT2D eigenvalue weighted by Crippen LogP contribution is -2.24. The molecule has 0 aliphatic heterocycles. The van der Waals surface area contributed by atoms with Gasteiger partial charge in [0.1, 0.15) is 5.41 Å². The van der Waals surface area contributed by atoms with E-state index in [0.29, 0.717) is 6.42 Å². The summed E-state index contributed by atoms with van der Waals surface area (Å²) in [6, 6.07) is 0. The van der Waals surface area contributed by atoms with Gasteiger partial charge in [0.05, 0.1) is 0 Å². The topological polar surface area (TPSA) is 37.3 Å². The molecule has 0 spiro atoms. The van der Waals surface area contributed by atoms with Crippen LogP contribution in [0.25, 0.3) is 0 Å². The molecular weight excluding hydrogens is 128 g/mol. The van der Waals surface area contributed by atoms with Crippen LogP contribution in [0.4, 0.5) is 0 Å². The first-order valence-electron chi connectivity index (χ1n) is 3.24. The zero-order valence-electron chi connectivity index (χ0n) is 6.56. The third-order valence-corrected chi connectivity index (χ3v) is 1.58. The molecule has 0 saturated heterocycles. The monoisotopic (exact) mass is 140 g/mol. The molecule has 0 aromatic carbocycles. The van der Waals surface area contributed by atoms with Gasteiger partial charge in [-0.15, -0.1) is 5.92 Å². The Morgan fingerprint density at radius 1 is 1.70 bits per heavy atom. The van der Waals surface area contributed by atoms with Gasteiger partial charge in [-0.05, 0) is 20.3 Å². The highest BCUT2D eigenvalue weighted by Gasteiger charge is 2.27. The van der Waals surface area contributed by atoms with Crippen LogP contribution in [0.1, 0.15) is 27.2 Å². The maximum Gasteiger partial charge on any atom is 0.321 e. The molecule has 56 valence electrons. The van der Waals surface area contributed by atoms with E-state index < -0.39 is 11.4 Å². The summed E-state index contributed by atoms with van der Waals surface area (Å²) >= 11 is 0. The minimum Gasteiger partial charge on any atom is -0.480 e. The minimum absolute atomic E-state index is 0.545. The molecule has 10 heavy (non-hydrogen) atoms. The summed E-state index contributed by atoms with van der Waals surface area (Å²) in [5.74, 6) is 4.43. The highest BCUT2D eigenvalue weighted by atomic mass is 16.4. The fourth-order valence-electron chi connectivity index (χ4n) is 0.569. The Labute approximate surface area is 61.2 Å². The van der Waals surface area contributed by atoms with Crippen molar-refractivity contribution in [2.45, 2.75) is 27.2 Å². The normalized spacial score (nSPS) is 14.7. The SMILES string of the molecule is CC#CC(C)(CC)C(=O)O. The predicted octanol–water partition coefficient (Wildman–Crippen LogP) is 1.51. The molecule has 2 nitrogen and oxygen atoms in total. The van der Waals surface area contributed by atoms with E-state index in [-0.39, 0.29) is 0 Å². The van der Waals surface area contributed by atoms with Crippen LogP contribution in [0, 0.1) is 17.3 Å². The van der Waals surface area contributed by atoms with Gasteiger partial charge in [-0.2, -0.15) is 0 Å². The van der Waals surface area contributed by atoms with Gasteiger partial charge in [-0.25, -0.2) is 0 Å². The number of aliphatic carboxylic acids is 1. The average molecular weight is 140 g/mol. The molecule has 1 atom stereocenters. The van der Waals surface area contributed by atoms with Gasteiger partial charge in [0.2, 0.25) is 0 Å². The molecule has 0 fully saturated rings. The second-order valence-corrected chi connectivity index (χ2v) is 2.37. The van der Waals surface area contributed by atoms with E-state index in [2.05, 4.69) is 11.8 Å². The van der Waals surface area contributed by atoms with E-state index in [0.717, 1.165) is 0 Å². The highest BCUT2D eigenvalue weighted by molar-refractivity contribution is 5.77. The molecule has 0 amide bonds. The van der Waals surface area contributed by atoms with Crippen molar-refractivity contribution in [3.8, 4) is 11.8 Å². The molecular formula is C8H12O2. The van der Waals surface area contributed by atoms with Crippen molar-refractivity contribution in [1.29, 1.82) is 0 Å². The molecule has 0 aromatic rings. The lowest BCUT2D eigenvalue weighted by atomic mass is 9.89. The van der Waals surface area contributed by atoms with Gasteiger partial charge in [-0.1, -0.05) is 12.8 Å². The van der Waals surface area contributed by atoms with Crippen LogP contribution in [0.3, 0.4) is 0 Å². The molecule has 0 bridgehead atoms. The second-order valence-electron chi connectivity index (χ2n) is 2.37. The van der Waals surface area contributed by atoms with Gasteiger partial charge >= 0.3 is 5.97 Å². The molecule has 1 N–H and O–H groups in total. The van der Waals surface area contributed by atoms with Crippen LogP contribution in [0.5, 0.6) is 0 Å². The van der Waals surface area contributed by atoms with E-state index in [4.69, 9.17) is 5.11 Å². The summed E-state index contributed by atoms with van der Waals surface area (Å²) in [5, 5.41) is 8.66. The van der Waals surface area contributed by atoms with Crippen molar-refractivity contribution in [3.05, 3.63) is 0 Å². The Morgan fingerprint density at radius 3 is 2.30 bits per heavy atom. The lowest BCUT2D eigenvalue weighted by Gasteiger charge is -2.14. The zero-order valence-corrected chi connectivity index (χ0v) is 6.56. The van der Waals surface area contributed by atoms with Crippen LogP contribution < -0.4 is 0 Å². The van der Waals surface area contributed by atoms with E-state index in [1.54, 1.807) is 13.8 Å². The first-order chi connectivity index (χ1) is 4.56. The molecule has 0 saturated carbocycles. The highest BCUT2D eigenvalue weighted by Crippen LogP contribution is 2.19. The van der Waals surface area contributed by atoms with Gasteiger partial charge in [0.25, 0.3) is 0 Å². The zero-order chi connectivity index (χ0) is 8.20. The lowest BCUT2D eigenvalue weighted by molar-refractivity contribution is -0.144. The fraction of sp³-hybridized carbons (Fsp3) is 0.625. The maximum atomic E-state index is 10.5. The van der Waals surface area contributed by atoms with Crippen LogP contribution in [-0.2, 0) is 4.79 Å². The number of carboxylic acids is 1. The molecule has 1 unspecified atom stereocenters. The van der Waals surface area contributed by atoms with E-state index >= 15 is 0 Å². The Balaban J connectivity index is 4.49. The van der Waals surface area contributed by atoms with Crippen molar-refractivity contribution in [3.63, 3.8) is 0 Å². The summed E-state index contributed by atoms with van der Waals surface area (Å²) in [5.41, 5.74) is -0.852. The van der Waals surface area contributed by atoms with Crippen molar-refractivity contribution in [2.24, 2.45) is 5.41 Å². The number of hydrogen-bond donors (Lipinski definition) is 1. The molecule has 0 radical (unpaired) electrons. The third kappa shape index (κ3) is 1.77. The quantitative estimate of drug-likeness (QED) is 0.590. The Hall–Kier alpha value is -0.970. The largest absolute Gasteiger partial charge is 0.480 e. The summed E-state index contributed by atoms with van der Waals surface area (Å²) < 4.78 is 0. The summed E-state index contributed by atoms with van der Waals surface area (Å²) in [7, 11) is 0. The van der Waals surface area contributed by atoms with E-state index in [9.17, 15) is 4.79 Å². The number of carboxylic acid groups (broad SMARTS) is 1. The number of carbonyl (C=O) groups is 1.